The zero-order valence-electron chi connectivity index (χ0n) is 13.2. The molecule has 5 nitrogen and oxygen atoms in total. The number of ether oxygens (including phenoxy) is 1. The lowest BCUT2D eigenvalue weighted by atomic mass is 10.1. The van der Waals surface area contributed by atoms with Gasteiger partial charge < -0.3 is 15.0 Å². The summed E-state index contributed by atoms with van der Waals surface area (Å²) in [6.45, 7) is 6.13. The SMILES string of the molecule is COc1ccc(-c2ccc(N3CCCNCC3)nn2)cc1C. The van der Waals surface area contributed by atoms with E-state index in [0.29, 0.717) is 0 Å². The maximum absolute atomic E-state index is 5.30. The van der Waals surface area contributed by atoms with Gasteiger partial charge in [0.05, 0.1) is 12.8 Å². The Hall–Kier alpha value is -2.14. The molecule has 3 rings (SSSR count). The fraction of sp³-hybridized carbons (Fsp3) is 0.412. The molecule has 116 valence electrons. The van der Waals surface area contributed by atoms with E-state index in [-0.39, 0.29) is 0 Å². The number of aryl methyl sites for hydroxylation is 1. The van der Waals surface area contributed by atoms with Crippen LogP contribution < -0.4 is 15.0 Å². The van der Waals surface area contributed by atoms with Gasteiger partial charge in [0.2, 0.25) is 0 Å². The second-order valence-corrected chi connectivity index (χ2v) is 5.55. The number of methoxy groups -OCH3 is 1. The maximum Gasteiger partial charge on any atom is 0.151 e. The number of hydrogen-bond acceptors (Lipinski definition) is 5. The Kier molecular flexibility index (Phi) is 4.53. The standard InChI is InChI=1S/C17H22N4O/c1-13-12-14(4-6-16(13)22-2)15-5-7-17(20-19-15)21-10-3-8-18-9-11-21/h4-7,12,18H,3,8-11H2,1-2H3. The predicted octanol–water partition coefficient (Wildman–Crippen LogP) is 2.26. The molecule has 0 atom stereocenters. The minimum atomic E-state index is 0.891. The number of anilines is 1. The van der Waals surface area contributed by atoms with Crippen molar-refractivity contribution in [3.63, 3.8) is 0 Å². The van der Waals surface area contributed by atoms with E-state index >= 15 is 0 Å². The van der Waals surface area contributed by atoms with Gasteiger partial charge in [-0.1, -0.05) is 0 Å². The first-order valence-electron chi connectivity index (χ1n) is 7.72. The minimum Gasteiger partial charge on any atom is -0.496 e. The molecule has 1 saturated heterocycles. The molecule has 0 saturated carbocycles. The van der Waals surface area contributed by atoms with E-state index in [1.54, 1.807) is 7.11 Å². The third kappa shape index (κ3) is 3.20. The van der Waals surface area contributed by atoms with Gasteiger partial charge in [0.1, 0.15) is 5.75 Å². The van der Waals surface area contributed by atoms with Crippen LogP contribution in [0.4, 0.5) is 5.82 Å². The number of rotatable bonds is 3. The van der Waals surface area contributed by atoms with Crippen molar-refractivity contribution in [3.05, 3.63) is 35.9 Å². The van der Waals surface area contributed by atoms with Crippen LogP contribution in [0.5, 0.6) is 5.75 Å². The molecule has 1 N–H and O–H groups in total. The van der Waals surface area contributed by atoms with E-state index in [0.717, 1.165) is 61.0 Å². The highest BCUT2D eigenvalue weighted by Gasteiger charge is 2.11. The zero-order chi connectivity index (χ0) is 15.4. The highest BCUT2D eigenvalue weighted by atomic mass is 16.5. The van der Waals surface area contributed by atoms with Gasteiger partial charge in [-0.05, 0) is 55.8 Å². The smallest absolute Gasteiger partial charge is 0.151 e. The molecule has 1 aliphatic rings. The third-order valence-electron chi connectivity index (χ3n) is 4.01. The lowest BCUT2D eigenvalue weighted by molar-refractivity contribution is 0.412. The van der Waals surface area contributed by atoms with Crippen molar-refractivity contribution in [2.24, 2.45) is 0 Å². The topological polar surface area (TPSA) is 50.3 Å². The molecule has 0 aliphatic carbocycles. The summed E-state index contributed by atoms with van der Waals surface area (Å²) >= 11 is 0. The molecule has 2 heterocycles. The van der Waals surface area contributed by atoms with Crippen molar-refractivity contribution in [3.8, 4) is 17.0 Å². The van der Waals surface area contributed by atoms with Crippen LogP contribution in [0.1, 0.15) is 12.0 Å². The van der Waals surface area contributed by atoms with Crippen LogP contribution in [0.3, 0.4) is 0 Å². The maximum atomic E-state index is 5.30. The van der Waals surface area contributed by atoms with Gasteiger partial charge in [0.25, 0.3) is 0 Å². The molecule has 1 fully saturated rings. The van der Waals surface area contributed by atoms with Crippen LogP contribution in [0, 0.1) is 6.92 Å². The lowest BCUT2D eigenvalue weighted by Crippen LogP contribution is -2.28. The largest absolute Gasteiger partial charge is 0.496 e. The normalized spacial score (nSPS) is 15.5. The highest BCUT2D eigenvalue weighted by Crippen LogP contribution is 2.25. The van der Waals surface area contributed by atoms with Crippen LogP contribution in [0.15, 0.2) is 30.3 Å². The van der Waals surface area contributed by atoms with E-state index in [9.17, 15) is 0 Å². The summed E-state index contributed by atoms with van der Waals surface area (Å²) in [7, 11) is 1.69. The molecule has 0 bridgehead atoms. The summed E-state index contributed by atoms with van der Waals surface area (Å²) in [6.07, 6.45) is 1.14. The molecule has 1 aromatic carbocycles. The summed E-state index contributed by atoms with van der Waals surface area (Å²) in [5, 5.41) is 12.2. The molecule has 1 aromatic heterocycles. The fourth-order valence-electron chi connectivity index (χ4n) is 2.76. The molecular formula is C17H22N4O. The second kappa shape index (κ2) is 6.75. The second-order valence-electron chi connectivity index (χ2n) is 5.55. The van der Waals surface area contributed by atoms with Crippen LogP contribution in [-0.4, -0.2) is 43.5 Å². The van der Waals surface area contributed by atoms with Crippen molar-refractivity contribution in [1.29, 1.82) is 0 Å². The number of nitrogens with zero attached hydrogens (tertiary/aromatic N) is 3. The van der Waals surface area contributed by atoms with Gasteiger partial charge in [-0.2, -0.15) is 0 Å². The van der Waals surface area contributed by atoms with Crippen molar-refractivity contribution in [2.75, 3.05) is 38.2 Å². The quantitative estimate of drug-likeness (QED) is 0.942. The summed E-state index contributed by atoms with van der Waals surface area (Å²) in [6, 6.07) is 10.2. The molecule has 1 aliphatic heterocycles. The number of nitrogens with one attached hydrogen (secondary N) is 1. The Morgan fingerprint density at radius 2 is 2.00 bits per heavy atom. The average molecular weight is 298 g/mol. The van der Waals surface area contributed by atoms with E-state index in [1.165, 1.54) is 0 Å². The van der Waals surface area contributed by atoms with E-state index in [4.69, 9.17) is 4.74 Å². The van der Waals surface area contributed by atoms with E-state index in [1.807, 2.05) is 25.1 Å². The van der Waals surface area contributed by atoms with Crippen LogP contribution in [0.25, 0.3) is 11.3 Å². The minimum absolute atomic E-state index is 0.891. The zero-order valence-corrected chi connectivity index (χ0v) is 13.2. The summed E-state index contributed by atoms with van der Waals surface area (Å²) in [4.78, 5) is 2.29. The van der Waals surface area contributed by atoms with Gasteiger partial charge >= 0.3 is 0 Å². The molecular weight excluding hydrogens is 276 g/mol. The van der Waals surface area contributed by atoms with Crippen LogP contribution in [0.2, 0.25) is 0 Å². The Bertz CT molecular complexity index is 619. The van der Waals surface area contributed by atoms with E-state index < -0.39 is 0 Å². The van der Waals surface area contributed by atoms with Crippen LogP contribution >= 0.6 is 0 Å². The van der Waals surface area contributed by atoms with Gasteiger partial charge in [0.15, 0.2) is 5.82 Å². The first kappa shape index (κ1) is 14.8. The number of benzene rings is 1. The van der Waals surface area contributed by atoms with Gasteiger partial charge in [-0.25, -0.2) is 0 Å². The lowest BCUT2D eigenvalue weighted by Gasteiger charge is -2.20. The highest BCUT2D eigenvalue weighted by molar-refractivity contribution is 5.62. The van der Waals surface area contributed by atoms with Gasteiger partial charge in [-0.15, -0.1) is 10.2 Å². The molecule has 0 spiro atoms. The molecule has 0 amide bonds. The van der Waals surface area contributed by atoms with E-state index in [2.05, 4.69) is 32.5 Å². The first-order valence-corrected chi connectivity index (χ1v) is 7.72. The number of hydrogen-bond donors (Lipinski definition) is 1. The third-order valence-corrected chi connectivity index (χ3v) is 4.01. The molecule has 2 aromatic rings. The fourth-order valence-corrected chi connectivity index (χ4v) is 2.76. The molecule has 5 heteroatoms. The van der Waals surface area contributed by atoms with Crippen LogP contribution in [-0.2, 0) is 0 Å². The van der Waals surface area contributed by atoms with Crippen molar-refractivity contribution in [1.82, 2.24) is 15.5 Å². The predicted molar refractivity (Wildman–Crippen MR) is 88.5 cm³/mol. The average Bonchev–Trinajstić information content (AvgIpc) is 2.84. The summed E-state index contributed by atoms with van der Waals surface area (Å²) in [5.74, 6) is 1.85. The summed E-state index contributed by atoms with van der Waals surface area (Å²) < 4.78 is 5.30. The Labute approximate surface area is 131 Å². The van der Waals surface area contributed by atoms with Crippen molar-refractivity contribution in [2.45, 2.75) is 13.3 Å². The Morgan fingerprint density at radius 3 is 2.73 bits per heavy atom. The number of aromatic nitrogens is 2. The summed E-state index contributed by atoms with van der Waals surface area (Å²) in [5.41, 5.74) is 3.06. The van der Waals surface area contributed by atoms with Gasteiger partial charge in [0, 0.05) is 25.2 Å². The Balaban J connectivity index is 1.80. The van der Waals surface area contributed by atoms with Crippen molar-refractivity contribution >= 4 is 5.82 Å². The Morgan fingerprint density at radius 1 is 1.09 bits per heavy atom. The van der Waals surface area contributed by atoms with Crippen molar-refractivity contribution < 1.29 is 4.74 Å². The molecule has 0 unspecified atom stereocenters. The molecule has 22 heavy (non-hydrogen) atoms. The monoisotopic (exact) mass is 298 g/mol. The first-order chi connectivity index (χ1) is 10.8. The molecule has 0 radical (unpaired) electrons. The van der Waals surface area contributed by atoms with Gasteiger partial charge in [-0.3, -0.25) is 0 Å².